The van der Waals surface area contributed by atoms with Crippen LogP contribution in [0.2, 0.25) is 0 Å². The molecule has 0 bridgehead atoms. The smallest absolute Gasteiger partial charge is 0.306 e. The molecule has 1 aliphatic heterocycles. The summed E-state index contributed by atoms with van der Waals surface area (Å²) in [5.74, 6) is -0.752. The van der Waals surface area contributed by atoms with Crippen LogP contribution >= 0.6 is 0 Å². The van der Waals surface area contributed by atoms with Gasteiger partial charge in [0.05, 0.1) is 6.42 Å². The number of hydrogen-bond donors (Lipinski definition) is 2. The average molecular weight is 398 g/mol. The summed E-state index contributed by atoms with van der Waals surface area (Å²) in [7, 11) is 0. The molecule has 2 N–H and O–H groups in total. The molecule has 0 saturated carbocycles. The minimum atomic E-state index is -0.903. The van der Waals surface area contributed by atoms with Gasteiger partial charge >= 0.3 is 5.97 Å². The third-order valence-electron chi connectivity index (χ3n) is 4.33. The van der Waals surface area contributed by atoms with Crippen LogP contribution in [0, 0.1) is 0 Å². The van der Waals surface area contributed by atoms with E-state index in [2.05, 4.69) is 10.9 Å². The quantitative estimate of drug-likeness (QED) is 0.567. The molecule has 0 aliphatic carbocycles. The Bertz CT molecular complexity index is 870. The molecule has 152 valence electrons. The highest BCUT2D eigenvalue weighted by atomic mass is 16.6. The van der Waals surface area contributed by atoms with Gasteiger partial charge in [0, 0.05) is 0 Å². The van der Waals surface area contributed by atoms with Crippen LogP contribution in [0.1, 0.15) is 24.8 Å². The first-order valence-electron chi connectivity index (χ1n) is 9.20. The van der Waals surface area contributed by atoms with Crippen LogP contribution in [0.3, 0.4) is 0 Å². The number of amides is 2. The normalized spacial score (nSPS) is 15.7. The van der Waals surface area contributed by atoms with Gasteiger partial charge < -0.3 is 14.2 Å². The summed E-state index contributed by atoms with van der Waals surface area (Å²) in [6, 6.07) is 16.5. The summed E-state index contributed by atoms with van der Waals surface area (Å²) in [5.41, 5.74) is 5.44. The minimum Gasteiger partial charge on any atom is -0.485 e. The summed E-state index contributed by atoms with van der Waals surface area (Å²) in [5, 5.41) is 0. The lowest BCUT2D eigenvalue weighted by molar-refractivity contribution is -0.149. The van der Waals surface area contributed by atoms with Crippen molar-refractivity contribution in [1.82, 2.24) is 10.9 Å². The van der Waals surface area contributed by atoms with E-state index in [0.717, 1.165) is 5.56 Å². The standard InChI is InChI=1S/C21H22N2O6/c1-14(15-7-3-2-4-8-15)11-20(25)28-13-19(24)22-23-21(26)18-12-27-16-9-5-6-10-17(16)29-18/h2-10,14,18H,11-13H2,1H3,(H,22,24)(H,23,26)/t14-,18-/m0/s1. The monoisotopic (exact) mass is 398 g/mol. The van der Waals surface area contributed by atoms with Crippen molar-refractivity contribution in [3.8, 4) is 11.5 Å². The van der Waals surface area contributed by atoms with Crippen LogP contribution in [0.4, 0.5) is 0 Å². The van der Waals surface area contributed by atoms with Crippen molar-refractivity contribution in [3.63, 3.8) is 0 Å². The number of esters is 1. The summed E-state index contributed by atoms with van der Waals surface area (Å²) >= 11 is 0. The van der Waals surface area contributed by atoms with E-state index in [9.17, 15) is 14.4 Å². The Morgan fingerprint density at radius 2 is 1.72 bits per heavy atom. The van der Waals surface area contributed by atoms with Gasteiger partial charge in [0.15, 0.2) is 18.1 Å². The van der Waals surface area contributed by atoms with Crippen molar-refractivity contribution in [2.75, 3.05) is 13.2 Å². The Morgan fingerprint density at radius 3 is 2.48 bits per heavy atom. The average Bonchev–Trinajstić information content (AvgIpc) is 2.76. The van der Waals surface area contributed by atoms with E-state index in [-0.39, 0.29) is 18.9 Å². The molecule has 8 heteroatoms. The molecule has 29 heavy (non-hydrogen) atoms. The largest absolute Gasteiger partial charge is 0.485 e. The lowest BCUT2D eigenvalue weighted by Gasteiger charge is -2.25. The van der Waals surface area contributed by atoms with Crippen molar-refractivity contribution >= 4 is 17.8 Å². The van der Waals surface area contributed by atoms with Crippen LogP contribution in [0.5, 0.6) is 11.5 Å². The number of ether oxygens (including phenoxy) is 3. The zero-order chi connectivity index (χ0) is 20.6. The summed E-state index contributed by atoms with van der Waals surface area (Å²) in [6.45, 7) is 1.43. The molecule has 3 rings (SSSR count). The number of rotatable bonds is 6. The van der Waals surface area contributed by atoms with Crippen molar-refractivity contribution in [1.29, 1.82) is 0 Å². The number of fused-ring (bicyclic) bond motifs is 1. The van der Waals surface area contributed by atoms with E-state index >= 15 is 0 Å². The Hall–Kier alpha value is -3.55. The maximum atomic E-state index is 12.1. The molecule has 1 heterocycles. The fourth-order valence-corrected chi connectivity index (χ4v) is 2.75. The molecule has 0 fully saturated rings. The lowest BCUT2D eigenvalue weighted by Crippen LogP contribution is -2.51. The lowest BCUT2D eigenvalue weighted by atomic mass is 9.98. The molecule has 2 amide bonds. The maximum Gasteiger partial charge on any atom is 0.306 e. The molecule has 0 unspecified atom stereocenters. The molecule has 8 nitrogen and oxygen atoms in total. The van der Waals surface area contributed by atoms with E-state index in [1.807, 2.05) is 37.3 Å². The molecular formula is C21H22N2O6. The Balaban J connectivity index is 1.36. The predicted molar refractivity (Wildman–Crippen MR) is 103 cm³/mol. The summed E-state index contributed by atoms with van der Waals surface area (Å²) in [6.07, 6.45) is -0.754. The van der Waals surface area contributed by atoms with Gasteiger partial charge in [0.2, 0.25) is 6.10 Å². The predicted octanol–water partition coefficient (Wildman–Crippen LogP) is 1.71. The second-order valence-corrected chi connectivity index (χ2v) is 6.58. The van der Waals surface area contributed by atoms with Gasteiger partial charge in [0.25, 0.3) is 11.8 Å². The fourth-order valence-electron chi connectivity index (χ4n) is 2.75. The van der Waals surface area contributed by atoms with Crippen molar-refractivity contribution in [2.45, 2.75) is 25.4 Å². The van der Waals surface area contributed by atoms with Gasteiger partial charge in [-0.25, -0.2) is 0 Å². The highest BCUT2D eigenvalue weighted by Gasteiger charge is 2.27. The highest BCUT2D eigenvalue weighted by molar-refractivity contribution is 5.86. The zero-order valence-electron chi connectivity index (χ0n) is 15.9. The van der Waals surface area contributed by atoms with Gasteiger partial charge in [0.1, 0.15) is 6.61 Å². The molecule has 2 aromatic rings. The minimum absolute atomic E-state index is 0.0189. The van der Waals surface area contributed by atoms with Crippen molar-refractivity contribution in [2.24, 2.45) is 0 Å². The number of nitrogens with one attached hydrogen (secondary N) is 2. The summed E-state index contributed by atoms with van der Waals surface area (Å²) in [4.78, 5) is 35.8. The van der Waals surface area contributed by atoms with Crippen LogP contribution < -0.4 is 20.3 Å². The van der Waals surface area contributed by atoms with Crippen molar-refractivity contribution < 1.29 is 28.6 Å². The van der Waals surface area contributed by atoms with Crippen LogP contribution in [-0.2, 0) is 19.1 Å². The second-order valence-electron chi connectivity index (χ2n) is 6.58. The number of hydrogen-bond acceptors (Lipinski definition) is 6. The number of hydrazine groups is 1. The second kappa shape index (κ2) is 9.59. The van der Waals surface area contributed by atoms with E-state index in [1.165, 1.54) is 0 Å². The van der Waals surface area contributed by atoms with E-state index < -0.39 is 30.5 Å². The Labute approximate surface area is 168 Å². The number of carbonyl (C=O) groups excluding carboxylic acids is 3. The fraction of sp³-hybridized carbons (Fsp3) is 0.286. The van der Waals surface area contributed by atoms with E-state index in [1.54, 1.807) is 24.3 Å². The highest BCUT2D eigenvalue weighted by Crippen LogP contribution is 2.30. The molecule has 2 aromatic carbocycles. The third-order valence-corrected chi connectivity index (χ3v) is 4.33. The van der Waals surface area contributed by atoms with Gasteiger partial charge in [-0.15, -0.1) is 0 Å². The van der Waals surface area contributed by atoms with Crippen LogP contribution in [-0.4, -0.2) is 37.1 Å². The molecule has 0 saturated heterocycles. The summed E-state index contributed by atoms with van der Waals surface area (Å²) < 4.78 is 15.9. The van der Waals surface area contributed by atoms with Gasteiger partial charge in [-0.1, -0.05) is 49.4 Å². The third kappa shape index (κ3) is 5.71. The number of benzene rings is 2. The van der Waals surface area contributed by atoms with Crippen LogP contribution in [0.15, 0.2) is 54.6 Å². The van der Waals surface area contributed by atoms with Gasteiger partial charge in [-0.05, 0) is 23.6 Å². The first-order valence-corrected chi connectivity index (χ1v) is 9.20. The molecular weight excluding hydrogens is 376 g/mol. The zero-order valence-corrected chi connectivity index (χ0v) is 15.9. The molecule has 0 aromatic heterocycles. The Kier molecular flexibility index (Phi) is 6.67. The molecule has 0 radical (unpaired) electrons. The SMILES string of the molecule is C[C@@H](CC(=O)OCC(=O)NNC(=O)[C@@H]1COc2ccccc2O1)c1ccccc1. The Morgan fingerprint density at radius 1 is 1.03 bits per heavy atom. The first kappa shape index (κ1) is 20.2. The molecule has 1 aliphatic rings. The topological polar surface area (TPSA) is 103 Å². The van der Waals surface area contributed by atoms with E-state index in [0.29, 0.717) is 11.5 Å². The van der Waals surface area contributed by atoms with E-state index in [4.69, 9.17) is 14.2 Å². The first-order chi connectivity index (χ1) is 14.0. The van der Waals surface area contributed by atoms with Crippen molar-refractivity contribution in [3.05, 3.63) is 60.2 Å². The number of carbonyl (C=O) groups is 3. The van der Waals surface area contributed by atoms with Crippen LogP contribution in [0.25, 0.3) is 0 Å². The molecule has 0 spiro atoms. The number of para-hydroxylation sites is 2. The molecule has 2 atom stereocenters. The van der Waals surface area contributed by atoms with Gasteiger partial charge in [-0.2, -0.15) is 0 Å². The van der Waals surface area contributed by atoms with Gasteiger partial charge in [-0.3, -0.25) is 25.2 Å². The maximum absolute atomic E-state index is 12.1.